The molecule has 0 bridgehead atoms. The van der Waals surface area contributed by atoms with Gasteiger partial charge in [0.1, 0.15) is 0 Å². The highest BCUT2D eigenvalue weighted by Gasteiger charge is 2.23. The molecule has 0 N–H and O–H groups in total. The van der Waals surface area contributed by atoms with E-state index < -0.39 is 0 Å². The SMILES string of the molecule is CCOC(=O)C1CCCC(CC)CC1. The van der Waals surface area contributed by atoms with Gasteiger partial charge in [-0.3, -0.25) is 4.79 Å². The Morgan fingerprint density at radius 3 is 2.64 bits per heavy atom. The van der Waals surface area contributed by atoms with E-state index in [9.17, 15) is 4.79 Å². The second-order valence-electron chi connectivity index (χ2n) is 4.23. The number of esters is 1. The van der Waals surface area contributed by atoms with Crippen molar-refractivity contribution in [2.75, 3.05) is 6.61 Å². The Labute approximate surface area is 87.0 Å². The zero-order chi connectivity index (χ0) is 10.4. The first-order valence-corrected chi connectivity index (χ1v) is 5.94. The standard InChI is InChI=1S/C12H22O2/c1-3-10-6-5-7-11(9-8-10)12(13)14-4-2/h10-11H,3-9H2,1-2H3. The molecule has 2 nitrogen and oxygen atoms in total. The van der Waals surface area contributed by atoms with Crippen LogP contribution in [0.5, 0.6) is 0 Å². The molecule has 0 spiro atoms. The molecular weight excluding hydrogens is 176 g/mol. The summed E-state index contributed by atoms with van der Waals surface area (Å²) < 4.78 is 5.07. The van der Waals surface area contributed by atoms with Gasteiger partial charge in [0.15, 0.2) is 0 Å². The van der Waals surface area contributed by atoms with Crippen molar-refractivity contribution < 1.29 is 9.53 Å². The van der Waals surface area contributed by atoms with Gasteiger partial charge in [0.25, 0.3) is 0 Å². The smallest absolute Gasteiger partial charge is 0.308 e. The summed E-state index contributed by atoms with van der Waals surface area (Å²) in [6, 6.07) is 0. The molecule has 14 heavy (non-hydrogen) atoms. The molecule has 2 unspecified atom stereocenters. The lowest BCUT2D eigenvalue weighted by molar-refractivity contribution is -0.148. The topological polar surface area (TPSA) is 26.3 Å². The summed E-state index contributed by atoms with van der Waals surface area (Å²) in [6.45, 7) is 4.64. The Hall–Kier alpha value is -0.530. The number of rotatable bonds is 3. The van der Waals surface area contributed by atoms with E-state index in [1.54, 1.807) is 0 Å². The van der Waals surface area contributed by atoms with Crippen LogP contribution in [0.1, 0.15) is 52.4 Å². The second kappa shape index (κ2) is 6.05. The number of ether oxygens (including phenoxy) is 1. The summed E-state index contributed by atoms with van der Waals surface area (Å²) in [5.41, 5.74) is 0. The maximum Gasteiger partial charge on any atom is 0.308 e. The highest BCUT2D eigenvalue weighted by atomic mass is 16.5. The van der Waals surface area contributed by atoms with Crippen molar-refractivity contribution in [2.24, 2.45) is 11.8 Å². The molecule has 1 aliphatic carbocycles. The fourth-order valence-electron chi connectivity index (χ4n) is 2.28. The van der Waals surface area contributed by atoms with E-state index in [1.807, 2.05) is 6.92 Å². The minimum absolute atomic E-state index is 0.0317. The molecular formula is C12H22O2. The van der Waals surface area contributed by atoms with Crippen LogP contribution >= 0.6 is 0 Å². The van der Waals surface area contributed by atoms with Gasteiger partial charge in [0, 0.05) is 0 Å². The third-order valence-corrected chi connectivity index (χ3v) is 3.29. The summed E-state index contributed by atoms with van der Waals surface area (Å²) >= 11 is 0. The molecule has 0 radical (unpaired) electrons. The monoisotopic (exact) mass is 198 g/mol. The number of hydrogen-bond donors (Lipinski definition) is 0. The van der Waals surface area contributed by atoms with E-state index in [1.165, 1.54) is 25.7 Å². The van der Waals surface area contributed by atoms with Crippen LogP contribution in [-0.2, 0) is 9.53 Å². The molecule has 2 atom stereocenters. The molecule has 0 aliphatic heterocycles. The molecule has 0 saturated heterocycles. The van der Waals surface area contributed by atoms with Crippen molar-refractivity contribution in [2.45, 2.75) is 52.4 Å². The van der Waals surface area contributed by atoms with E-state index in [4.69, 9.17) is 4.74 Å². The Balaban J connectivity index is 2.37. The van der Waals surface area contributed by atoms with Crippen molar-refractivity contribution >= 4 is 5.97 Å². The van der Waals surface area contributed by atoms with E-state index in [0.29, 0.717) is 6.61 Å². The Morgan fingerprint density at radius 1 is 1.21 bits per heavy atom. The predicted octanol–water partition coefficient (Wildman–Crippen LogP) is 3.16. The number of hydrogen-bond acceptors (Lipinski definition) is 2. The summed E-state index contributed by atoms with van der Waals surface area (Å²) in [4.78, 5) is 11.5. The van der Waals surface area contributed by atoms with E-state index >= 15 is 0 Å². The van der Waals surface area contributed by atoms with Gasteiger partial charge in [-0.1, -0.05) is 26.2 Å². The minimum Gasteiger partial charge on any atom is -0.466 e. The van der Waals surface area contributed by atoms with Gasteiger partial charge in [-0.05, 0) is 32.1 Å². The van der Waals surface area contributed by atoms with Crippen molar-refractivity contribution in [3.8, 4) is 0 Å². The van der Waals surface area contributed by atoms with Crippen molar-refractivity contribution in [1.82, 2.24) is 0 Å². The third-order valence-electron chi connectivity index (χ3n) is 3.29. The molecule has 0 aromatic rings. The van der Waals surface area contributed by atoms with Crippen LogP contribution in [0.25, 0.3) is 0 Å². The largest absolute Gasteiger partial charge is 0.466 e. The Morgan fingerprint density at radius 2 is 2.00 bits per heavy atom. The lowest BCUT2D eigenvalue weighted by Gasteiger charge is -2.12. The third kappa shape index (κ3) is 3.32. The first-order chi connectivity index (χ1) is 6.77. The van der Waals surface area contributed by atoms with Gasteiger partial charge in [-0.2, -0.15) is 0 Å². The van der Waals surface area contributed by atoms with Crippen molar-refractivity contribution in [1.29, 1.82) is 0 Å². The molecule has 2 heteroatoms. The lowest BCUT2D eigenvalue weighted by atomic mass is 9.96. The Kier molecular flexibility index (Phi) is 4.99. The molecule has 0 aromatic carbocycles. The predicted molar refractivity (Wildman–Crippen MR) is 57.0 cm³/mol. The first kappa shape index (κ1) is 11.5. The van der Waals surface area contributed by atoms with Crippen LogP contribution in [0, 0.1) is 11.8 Å². The minimum atomic E-state index is 0.0317. The van der Waals surface area contributed by atoms with Crippen LogP contribution in [0.3, 0.4) is 0 Å². The van der Waals surface area contributed by atoms with Crippen LogP contribution in [-0.4, -0.2) is 12.6 Å². The fourth-order valence-corrected chi connectivity index (χ4v) is 2.28. The van der Waals surface area contributed by atoms with E-state index in [0.717, 1.165) is 18.8 Å². The quantitative estimate of drug-likeness (QED) is 0.514. The maximum absolute atomic E-state index is 11.5. The highest BCUT2D eigenvalue weighted by molar-refractivity contribution is 5.72. The molecule has 0 amide bonds. The number of carbonyl (C=O) groups is 1. The van der Waals surface area contributed by atoms with Gasteiger partial charge >= 0.3 is 5.97 Å². The van der Waals surface area contributed by atoms with Gasteiger partial charge in [-0.15, -0.1) is 0 Å². The van der Waals surface area contributed by atoms with Crippen molar-refractivity contribution in [3.05, 3.63) is 0 Å². The maximum atomic E-state index is 11.5. The van der Waals surface area contributed by atoms with Crippen LogP contribution in [0.4, 0.5) is 0 Å². The molecule has 1 aliphatic rings. The first-order valence-electron chi connectivity index (χ1n) is 5.94. The molecule has 1 fully saturated rings. The second-order valence-corrected chi connectivity index (χ2v) is 4.23. The van der Waals surface area contributed by atoms with Gasteiger partial charge in [0.2, 0.25) is 0 Å². The molecule has 0 heterocycles. The average molecular weight is 198 g/mol. The summed E-state index contributed by atoms with van der Waals surface area (Å²) in [5.74, 6) is 1.06. The Bertz CT molecular complexity index is 177. The normalized spacial score (nSPS) is 28.1. The number of carbonyl (C=O) groups excluding carboxylic acids is 1. The lowest BCUT2D eigenvalue weighted by Crippen LogP contribution is -2.17. The molecule has 0 aromatic heterocycles. The average Bonchev–Trinajstić information content (AvgIpc) is 2.42. The van der Waals surface area contributed by atoms with Gasteiger partial charge in [-0.25, -0.2) is 0 Å². The fraction of sp³-hybridized carbons (Fsp3) is 0.917. The highest BCUT2D eigenvalue weighted by Crippen LogP contribution is 2.29. The molecule has 82 valence electrons. The van der Waals surface area contributed by atoms with Gasteiger partial charge < -0.3 is 4.74 Å². The summed E-state index contributed by atoms with van der Waals surface area (Å²) in [7, 11) is 0. The van der Waals surface area contributed by atoms with E-state index in [2.05, 4.69) is 6.92 Å². The van der Waals surface area contributed by atoms with Crippen molar-refractivity contribution in [3.63, 3.8) is 0 Å². The van der Waals surface area contributed by atoms with E-state index in [-0.39, 0.29) is 11.9 Å². The molecule has 1 saturated carbocycles. The van der Waals surface area contributed by atoms with Gasteiger partial charge in [0.05, 0.1) is 12.5 Å². The molecule has 1 rings (SSSR count). The summed E-state index contributed by atoms with van der Waals surface area (Å²) in [6.07, 6.45) is 7.04. The van der Waals surface area contributed by atoms with Crippen LogP contribution < -0.4 is 0 Å². The van der Waals surface area contributed by atoms with Crippen LogP contribution in [0.2, 0.25) is 0 Å². The zero-order valence-corrected chi connectivity index (χ0v) is 9.42. The summed E-state index contributed by atoms with van der Waals surface area (Å²) in [5, 5.41) is 0. The zero-order valence-electron chi connectivity index (χ0n) is 9.42. The van der Waals surface area contributed by atoms with Crippen LogP contribution in [0.15, 0.2) is 0 Å².